The predicted octanol–water partition coefficient (Wildman–Crippen LogP) is 0.447. The van der Waals surface area contributed by atoms with Crippen LogP contribution in [0.2, 0.25) is 0 Å². The van der Waals surface area contributed by atoms with Gasteiger partial charge < -0.3 is 18.9 Å². The molecule has 2 fully saturated rings. The minimum atomic E-state index is -0.723. The Kier molecular flexibility index (Phi) is 1.96. The average molecular weight is 188 g/mol. The van der Waals surface area contributed by atoms with Gasteiger partial charge >= 0.3 is 12.3 Å². The van der Waals surface area contributed by atoms with Crippen LogP contribution < -0.4 is 0 Å². The molecule has 2 aliphatic rings. The molecule has 6 heteroatoms. The summed E-state index contributed by atoms with van der Waals surface area (Å²) in [6.45, 7) is 0.425. The van der Waals surface area contributed by atoms with Crippen molar-refractivity contribution in [1.82, 2.24) is 0 Å². The maximum atomic E-state index is 10.7. The summed E-state index contributed by atoms with van der Waals surface area (Å²) in [6, 6.07) is 0. The summed E-state index contributed by atoms with van der Waals surface area (Å²) in [7, 11) is 0. The molecule has 0 aromatic carbocycles. The molecule has 2 atom stereocenters. The summed E-state index contributed by atoms with van der Waals surface area (Å²) in [6.07, 6.45) is -1.84. The first-order valence-corrected chi connectivity index (χ1v) is 3.92. The Morgan fingerprint density at radius 2 is 1.69 bits per heavy atom. The van der Waals surface area contributed by atoms with Crippen LogP contribution in [0.3, 0.4) is 0 Å². The van der Waals surface area contributed by atoms with Crippen LogP contribution in [-0.4, -0.2) is 37.7 Å². The van der Waals surface area contributed by atoms with Gasteiger partial charge in [-0.05, 0) is 0 Å². The number of cyclic esters (lactones) is 4. The van der Waals surface area contributed by atoms with E-state index in [1.165, 1.54) is 0 Å². The first-order valence-electron chi connectivity index (χ1n) is 3.92. The predicted molar refractivity (Wildman–Crippen MR) is 37.1 cm³/mol. The Bertz CT molecular complexity index is 237. The summed E-state index contributed by atoms with van der Waals surface area (Å²) < 4.78 is 18.7. The number of rotatable bonds is 1. The van der Waals surface area contributed by atoms with Crippen molar-refractivity contribution < 1.29 is 28.5 Å². The van der Waals surface area contributed by atoms with E-state index in [1.54, 1.807) is 0 Å². The van der Waals surface area contributed by atoms with Crippen LogP contribution >= 0.6 is 0 Å². The zero-order valence-corrected chi connectivity index (χ0v) is 6.73. The fraction of sp³-hybridized carbons (Fsp3) is 0.714. The number of ether oxygens (including phenoxy) is 4. The molecule has 0 aliphatic carbocycles. The highest BCUT2D eigenvalue weighted by molar-refractivity contribution is 5.63. The van der Waals surface area contributed by atoms with Crippen molar-refractivity contribution >= 4 is 12.3 Å². The Morgan fingerprint density at radius 3 is 2.31 bits per heavy atom. The molecule has 0 saturated carbocycles. The van der Waals surface area contributed by atoms with Gasteiger partial charge in [-0.25, -0.2) is 9.59 Å². The minimum absolute atomic E-state index is 0.136. The Labute approximate surface area is 73.7 Å². The quantitative estimate of drug-likeness (QED) is 0.556. The van der Waals surface area contributed by atoms with Gasteiger partial charge in [-0.2, -0.15) is 0 Å². The highest BCUT2D eigenvalue weighted by Crippen LogP contribution is 2.19. The molecule has 0 N–H and O–H groups in total. The lowest BCUT2D eigenvalue weighted by molar-refractivity contribution is -0.0634. The number of hydrogen-bond acceptors (Lipinski definition) is 6. The highest BCUT2D eigenvalue weighted by atomic mass is 16.8. The second-order valence-corrected chi connectivity index (χ2v) is 2.76. The fourth-order valence-corrected chi connectivity index (χ4v) is 1.26. The third-order valence-corrected chi connectivity index (χ3v) is 1.90. The van der Waals surface area contributed by atoms with Gasteiger partial charge in [0, 0.05) is 6.42 Å². The molecule has 0 aromatic heterocycles. The molecule has 2 heterocycles. The van der Waals surface area contributed by atoms with Crippen molar-refractivity contribution in [2.24, 2.45) is 0 Å². The van der Waals surface area contributed by atoms with Gasteiger partial charge in [0.25, 0.3) is 0 Å². The van der Waals surface area contributed by atoms with Gasteiger partial charge in [-0.1, -0.05) is 0 Å². The van der Waals surface area contributed by atoms with Crippen LogP contribution in [0.25, 0.3) is 0 Å². The standard InChI is InChI=1S/C7H8O6/c8-6-10-2-1-4(12-6)5-3-11-7(9)13-5/h4-5H,1-3H2. The third kappa shape index (κ3) is 1.66. The molecule has 0 radical (unpaired) electrons. The van der Waals surface area contributed by atoms with Gasteiger partial charge in [-0.15, -0.1) is 0 Å². The molecule has 0 aromatic rings. The van der Waals surface area contributed by atoms with E-state index in [0.29, 0.717) is 6.42 Å². The van der Waals surface area contributed by atoms with Crippen LogP contribution in [0, 0.1) is 0 Å². The van der Waals surface area contributed by atoms with E-state index in [1.807, 2.05) is 0 Å². The smallest absolute Gasteiger partial charge is 0.434 e. The van der Waals surface area contributed by atoms with Gasteiger partial charge in [0.05, 0.1) is 6.61 Å². The molecule has 72 valence electrons. The molecule has 2 rings (SSSR count). The number of carbonyl (C=O) groups excluding carboxylic acids is 2. The SMILES string of the molecule is O=C1OCCC(C2COC(=O)O2)O1. The summed E-state index contributed by atoms with van der Waals surface area (Å²) in [4.78, 5) is 21.2. The molecule has 6 nitrogen and oxygen atoms in total. The molecule has 0 amide bonds. The second-order valence-electron chi connectivity index (χ2n) is 2.76. The zero-order valence-electron chi connectivity index (χ0n) is 6.73. The molecule has 0 bridgehead atoms. The summed E-state index contributed by atoms with van der Waals surface area (Å²) in [5, 5.41) is 0. The van der Waals surface area contributed by atoms with Crippen LogP contribution in [0.4, 0.5) is 9.59 Å². The highest BCUT2D eigenvalue weighted by Gasteiger charge is 2.37. The number of hydrogen-bond donors (Lipinski definition) is 0. The normalized spacial score (nSPS) is 32.9. The first kappa shape index (κ1) is 8.15. The van der Waals surface area contributed by atoms with E-state index < -0.39 is 24.5 Å². The van der Waals surface area contributed by atoms with Gasteiger partial charge in [0.1, 0.15) is 12.7 Å². The summed E-state index contributed by atoms with van der Waals surface area (Å²) >= 11 is 0. The Morgan fingerprint density at radius 1 is 1.00 bits per heavy atom. The van der Waals surface area contributed by atoms with Gasteiger partial charge in [0.15, 0.2) is 6.10 Å². The largest absolute Gasteiger partial charge is 0.508 e. The van der Waals surface area contributed by atoms with Crippen LogP contribution in [0.1, 0.15) is 6.42 Å². The van der Waals surface area contributed by atoms with Crippen molar-refractivity contribution in [3.8, 4) is 0 Å². The number of carbonyl (C=O) groups is 2. The first-order chi connectivity index (χ1) is 6.25. The average Bonchev–Trinajstić information content (AvgIpc) is 2.52. The molecular formula is C7H8O6. The van der Waals surface area contributed by atoms with E-state index in [-0.39, 0.29) is 13.2 Å². The lowest BCUT2D eigenvalue weighted by Crippen LogP contribution is -2.38. The van der Waals surface area contributed by atoms with E-state index in [9.17, 15) is 9.59 Å². The molecule has 13 heavy (non-hydrogen) atoms. The lowest BCUT2D eigenvalue weighted by Gasteiger charge is -2.24. The van der Waals surface area contributed by atoms with Crippen LogP contribution in [0.5, 0.6) is 0 Å². The molecule has 2 aliphatic heterocycles. The van der Waals surface area contributed by atoms with Gasteiger partial charge in [-0.3, -0.25) is 0 Å². The maximum Gasteiger partial charge on any atom is 0.508 e. The van der Waals surface area contributed by atoms with Crippen molar-refractivity contribution in [3.05, 3.63) is 0 Å². The van der Waals surface area contributed by atoms with E-state index in [4.69, 9.17) is 9.47 Å². The van der Waals surface area contributed by atoms with E-state index in [2.05, 4.69) is 9.47 Å². The lowest BCUT2D eigenvalue weighted by atomic mass is 10.1. The minimum Gasteiger partial charge on any atom is -0.434 e. The van der Waals surface area contributed by atoms with Crippen molar-refractivity contribution in [3.63, 3.8) is 0 Å². The monoisotopic (exact) mass is 188 g/mol. The van der Waals surface area contributed by atoms with Crippen molar-refractivity contribution in [2.45, 2.75) is 18.6 Å². The van der Waals surface area contributed by atoms with Crippen LogP contribution in [-0.2, 0) is 18.9 Å². The van der Waals surface area contributed by atoms with E-state index >= 15 is 0 Å². The summed E-state index contributed by atoms with van der Waals surface area (Å²) in [5.41, 5.74) is 0. The topological polar surface area (TPSA) is 71.1 Å². The maximum absolute atomic E-state index is 10.7. The Hall–Kier alpha value is -1.46. The molecular weight excluding hydrogens is 180 g/mol. The zero-order chi connectivity index (χ0) is 9.26. The fourth-order valence-electron chi connectivity index (χ4n) is 1.26. The molecule has 2 saturated heterocycles. The van der Waals surface area contributed by atoms with E-state index in [0.717, 1.165) is 0 Å². The Balaban J connectivity index is 1.92. The van der Waals surface area contributed by atoms with Crippen LogP contribution in [0.15, 0.2) is 0 Å². The summed E-state index contributed by atoms with van der Waals surface area (Å²) in [5.74, 6) is 0. The third-order valence-electron chi connectivity index (χ3n) is 1.90. The molecule has 0 spiro atoms. The van der Waals surface area contributed by atoms with Gasteiger partial charge in [0.2, 0.25) is 0 Å². The van der Waals surface area contributed by atoms with Crippen molar-refractivity contribution in [2.75, 3.05) is 13.2 Å². The molecule has 2 unspecified atom stereocenters. The van der Waals surface area contributed by atoms with Crippen molar-refractivity contribution in [1.29, 1.82) is 0 Å². The second kappa shape index (κ2) is 3.12.